The number of pyridine rings is 1. The van der Waals surface area contributed by atoms with Gasteiger partial charge in [0.25, 0.3) is 9.05 Å². The molecular weight excluding hydrogens is 374 g/mol. The molecule has 17 heavy (non-hydrogen) atoms. The average Bonchev–Trinajstić information content (AvgIpc) is 2.08. The summed E-state index contributed by atoms with van der Waals surface area (Å²) < 4.78 is 60.8. The van der Waals surface area contributed by atoms with Crippen LogP contribution >= 0.6 is 38.2 Å². The van der Waals surface area contributed by atoms with Crippen molar-refractivity contribution in [2.45, 2.75) is 11.3 Å². The van der Waals surface area contributed by atoms with Crippen LogP contribution in [0, 0.1) is 0 Å². The van der Waals surface area contributed by atoms with Crippen LogP contribution in [-0.4, -0.2) is 19.8 Å². The minimum Gasteiger partial charge on any atom is -0.386 e. The highest BCUT2D eigenvalue weighted by Crippen LogP contribution is 2.38. The number of ether oxygens (including phenoxy) is 1. The Morgan fingerprint density at radius 2 is 1.94 bits per heavy atom. The lowest BCUT2D eigenvalue weighted by Gasteiger charge is -2.10. The normalized spacial score (nSPS) is 12.6. The summed E-state index contributed by atoms with van der Waals surface area (Å²) in [6.07, 6.45) is -4.39. The molecule has 0 atom stereocenters. The van der Waals surface area contributed by atoms with Crippen LogP contribution in [0.5, 0.6) is 5.88 Å². The highest BCUT2D eigenvalue weighted by molar-refractivity contribution is 9.10. The molecule has 0 saturated heterocycles. The van der Waals surface area contributed by atoms with Gasteiger partial charge in [-0.05, 0) is 15.9 Å². The number of hydrogen-bond donors (Lipinski definition) is 0. The van der Waals surface area contributed by atoms with E-state index in [9.17, 15) is 21.6 Å². The van der Waals surface area contributed by atoms with E-state index in [0.717, 1.165) is 0 Å². The number of alkyl halides is 3. The van der Waals surface area contributed by atoms with E-state index in [1.807, 2.05) is 0 Å². The summed E-state index contributed by atoms with van der Waals surface area (Å²) >= 11 is 8.14. The number of nitrogens with zero attached hydrogens (tertiary/aromatic N) is 1. The highest BCUT2D eigenvalue weighted by atomic mass is 79.9. The van der Waals surface area contributed by atoms with Gasteiger partial charge in [-0.15, -0.1) is 13.2 Å². The minimum atomic E-state index is -4.99. The highest BCUT2D eigenvalue weighted by Gasteiger charge is 2.34. The lowest BCUT2D eigenvalue weighted by Crippen LogP contribution is -2.18. The van der Waals surface area contributed by atoms with Crippen molar-refractivity contribution >= 4 is 47.3 Å². The Balaban J connectivity index is 3.30. The Kier molecular flexibility index (Phi) is 4.17. The Morgan fingerprint density at radius 1 is 1.41 bits per heavy atom. The summed E-state index contributed by atoms with van der Waals surface area (Å²) in [5.41, 5.74) is 0. The first-order valence-electron chi connectivity index (χ1n) is 3.57. The Bertz CT molecular complexity index is 548. The van der Waals surface area contributed by atoms with Crippen molar-refractivity contribution in [1.82, 2.24) is 4.98 Å². The Hall–Kier alpha value is -0.250. The third kappa shape index (κ3) is 3.87. The SMILES string of the molecule is O=S(=O)(Cl)c1cnc(OC(F)(F)F)c(Cl)c1Br. The van der Waals surface area contributed by atoms with Crippen molar-refractivity contribution in [3.63, 3.8) is 0 Å². The van der Waals surface area contributed by atoms with E-state index >= 15 is 0 Å². The predicted octanol–water partition coefficient (Wildman–Crippen LogP) is 3.32. The molecule has 0 N–H and O–H groups in total. The molecule has 0 saturated carbocycles. The summed E-state index contributed by atoms with van der Waals surface area (Å²) in [5.74, 6) is -0.977. The predicted molar refractivity (Wildman–Crippen MR) is 56.7 cm³/mol. The number of hydrogen-bond acceptors (Lipinski definition) is 4. The fourth-order valence-corrected chi connectivity index (χ4v) is 3.07. The summed E-state index contributed by atoms with van der Waals surface area (Å²) in [4.78, 5) is 2.57. The van der Waals surface area contributed by atoms with E-state index in [1.165, 1.54) is 0 Å². The zero-order valence-corrected chi connectivity index (χ0v) is 11.3. The van der Waals surface area contributed by atoms with Crippen LogP contribution in [0.4, 0.5) is 13.2 Å². The molecule has 0 unspecified atom stereocenters. The van der Waals surface area contributed by atoms with Crippen LogP contribution < -0.4 is 4.74 Å². The van der Waals surface area contributed by atoms with E-state index in [-0.39, 0.29) is 4.47 Å². The molecule has 0 aliphatic carbocycles. The van der Waals surface area contributed by atoms with Crippen LogP contribution in [0.15, 0.2) is 15.6 Å². The van der Waals surface area contributed by atoms with Crippen molar-refractivity contribution in [2.24, 2.45) is 0 Å². The number of aromatic nitrogens is 1. The standard InChI is InChI=1S/C6HBrCl2F3NO3S/c7-3-2(17(9,14)15)1-13-5(4(3)8)16-6(10,11)12/h1H. The maximum atomic E-state index is 11.9. The molecule has 1 aromatic rings. The number of halogens is 6. The molecule has 1 aromatic heterocycles. The van der Waals surface area contributed by atoms with Crippen LogP contribution in [0.25, 0.3) is 0 Å². The van der Waals surface area contributed by atoms with Gasteiger partial charge in [0, 0.05) is 10.7 Å². The van der Waals surface area contributed by atoms with Gasteiger partial charge in [-0.1, -0.05) is 11.6 Å². The molecule has 0 aliphatic heterocycles. The van der Waals surface area contributed by atoms with Gasteiger partial charge in [0.05, 0.1) is 10.7 Å². The quantitative estimate of drug-likeness (QED) is 0.745. The van der Waals surface area contributed by atoms with Gasteiger partial charge in [0.15, 0.2) is 0 Å². The van der Waals surface area contributed by atoms with Crippen molar-refractivity contribution in [1.29, 1.82) is 0 Å². The number of rotatable bonds is 2. The van der Waals surface area contributed by atoms with Crippen LogP contribution in [-0.2, 0) is 9.05 Å². The summed E-state index contributed by atoms with van der Waals surface area (Å²) in [7, 11) is 0.827. The van der Waals surface area contributed by atoms with E-state index in [1.54, 1.807) is 0 Å². The van der Waals surface area contributed by atoms with Gasteiger partial charge in [-0.25, -0.2) is 13.4 Å². The van der Waals surface area contributed by atoms with E-state index in [4.69, 9.17) is 22.3 Å². The molecule has 0 spiro atoms. The van der Waals surface area contributed by atoms with E-state index in [2.05, 4.69) is 25.7 Å². The molecule has 0 radical (unpaired) electrons. The van der Waals surface area contributed by atoms with Crippen LogP contribution in [0.3, 0.4) is 0 Å². The monoisotopic (exact) mass is 373 g/mol. The van der Waals surface area contributed by atoms with Gasteiger partial charge < -0.3 is 4.74 Å². The molecule has 1 rings (SSSR count). The zero-order chi connectivity index (χ0) is 13.4. The minimum absolute atomic E-state index is 0.358. The maximum absolute atomic E-state index is 11.9. The molecule has 0 bridgehead atoms. The zero-order valence-electron chi connectivity index (χ0n) is 7.43. The summed E-state index contributed by atoms with van der Waals surface area (Å²) in [6, 6.07) is 0. The second kappa shape index (κ2) is 4.79. The van der Waals surface area contributed by atoms with Crippen LogP contribution in [0.2, 0.25) is 5.02 Å². The topological polar surface area (TPSA) is 56.3 Å². The molecule has 96 valence electrons. The Morgan fingerprint density at radius 3 is 2.35 bits per heavy atom. The molecule has 0 amide bonds. The molecule has 0 aliphatic rings. The Labute approximate surface area is 111 Å². The lowest BCUT2D eigenvalue weighted by molar-refractivity contribution is -0.276. The van der Waals surface area contributed by atoms with Gasteiger partial charge in [-0.3, -0.25) is 0 Å². The fourth-order valence-electron chi connectivity index (χ4n) is 0.783. The van der Waals surface area contributed by atoms with Crippen molar-refractivity contribution in [3.05, 3.63) is 15.7 Å². The van der Waals surface area contributed by atoms with Crippen LogP contribution in [0.1, 0.15) is 0 Å². The smallest absolute Gasteiger partial charge is 0.386 e. The molecule has 0 fully saturated rings. The second-order valence-corrected chi connectivity index (χ2v) is 6.25. The first kappa shape index (κ1) is 14.8. The van der Waals surface area contributed by atoms with Gasteiger partial charge in [0.1, 0.15) is 9.92 Å². The molecule has 1 heterocycles. The second-order valence-electron chi connectivity index (χ2n) is 2.54. The first-order chi connectivity index (χ1) is 7.52. The largest absolute Gasteiger partial charge is 0.574 e. The molecular formula is C6HBrCl2F3NO3S. The maximum Gasteiger partial charge on any atom is 0.574 e. The third-order valence-corrected chi connectivity index (χ3v) is 4.37. The molecule has 11 heteroatoms. The molecule has 0 aromatic carbocycles. The van der Waals surface area contributed by atoms with E-state index in [0.29, 0.717) is 6.20 Å². The summed E-state index contributed by atoms with van der Waals surface area (Å²) in [5, 5.41) is -0.649. The first-order valence-corrected chi connectivity index (χ1v) is 7.05. The third-order valence-electron chi connectivity index (χ3n) is 1.37. The van der Waals surface area contributed by atoms with Crippen molar-refractivity contribution in [3.8, 4) is 5.88 Å². The fraction of sp³-hybridized carbons (Fsp3) is 0.167. The van der Waals surface area contributed by atoms with E-state index < -0.39 is 31.2 Å². The summed E-state index contributed by atoms with van der Waals surface area (Å²) in [6.45, 7) is 0. The average molecular weight is 375 g/mol. The lowest BCUT2D eigenvalue weighted by atomic mass is 10.5. The van der Waals surface area contributed by atoms with Crippen molar-refractivity contribution < 1.29 is 26.3 Å². The molecule has 4 nitrogen and oxygen atoms in total. The van der Waals surface area contributed by atoms with Gasteiger partial charge in [-0.2, -0.15) is 0 Å². The van der Waals surface area contributed by atoms with Crippen molar-refractivity contribution in [2.75, 3.05) is 0 Å². The van der Waals surface area contributed by atoms with Gasteiger partial charge in [0.2, 0.25) is 5.88 Å². The van der Waals surface area contributed by atoms with Gasteiger partial charge >= 0.3 is 6.36 Å².